The Morgan fingerprint density at radius 3 is 2.55 bits per heavy atom. The first kappa shape index (κ1) is 14.9. The van der Waals surface area contributed by atoms with E-state index in [1.807, 2.05) is 12.1 Å². The summed E-state index contributed by atoms with van der Waals surface area (Å²) in [5.74, 6) is 2.18. The van der Waals surface area contributed by atoms with Crippen LogP contribution in [0.4, 0.5) is 0 Å². The number of benzene rings is 1. The third-order valence-electron chi connectivity index (χ3n) is 4.14. The molecule has 110 valence electrons. The van der Waals surface area contributed by atoms with E-state index in [0.717, 1.165) is 17.1 Å². The zero-order valence-electron chi connectivity index (χ0n) is 12.5. The van der Waals surface area contributed by atoms with Crippen LogP contribution in [0.5, 0.6) is 11.5 Å². The van der Waals surface area contributed by atoms with Gasteiger partial charge in [0.15, 0.2) is 11.5 Å². The first-order valence-electron chi connectivity index (χ1n) is 7.41. The second-order valence-electron chi connectivity index (χ2n) is 5.34. The van der Waals surface area contributed by atoms with Crippen LogP contribution in [-0.4, -0.2) is 20.8 Å². The molecule has 3 heteroatoms. The minimum Gasteiger partial charge on any atom is -0.493 e. The van der Waals surface area contributed by atoms with Gasteiger partial charge in [0, 0.05) is 12.1 Å². The molecule has 1 saturated carbocycles. The van der Waals surface area contributed by atoms with E-state index in [1.54, 1.807) is 14.2 Å². The van der Waals surface area contributed by atoms with Gasteiger partial charge in [-0.05, 0) is 24.8 Å². The number of para-hydroxylation sites is 1. The fourth-order valence-corrected chi connectivity index (χ4v) is 3.04. The van der Waals surface area contributed by atoms with Crippen LogP contribution in [0.15, 0.2) is 23.8 Å². The second-order valence-corrected chi connectivity index (χ2v) is 5.34. The summed E-state index contributed by atoms with van der Waals surface area (Å²) in [5, 5.41) is 0. The van der Waals surface area contributed by atoms with E-state index in [2.05, 4.69) is 12.1 Å². The molecule has 0 spiro atoms. The Bertz CT molecular complexity index is 462. The van der Waals surface area contributed by atoms with Gasteiger partial charge in [-0.15, -0.1) is 0 Å². The van der Waals surface area contributed by atoms with Crippen molar-refractivity contribution in [3.05, 3.63) is 29.3 Å². The predicted octanol–water partition coefficient (Wildman–Crippen LogP) is 3.63. The molecule has 0 aromatic heterocycles. The Morgan fingerprint density at radius 2 is 1.95 bits per heavy atom. The fraction of sp³-hybridized carbons (Fsp3) is 0.529. The van der Waals surface area contributed by atoms with Gasteiger partial charge in [0.25, 0.3) is 0 Å². The molecule has 2 rings (SSSR count). The lowest BCUT2D eigenvalue weighted by atomic mass is 9.83. The highest BCUT2D eigenvalue weighted by Crippen LogP contribution is 2.35. The maximum absolute atomic E-state index is 5.97. The highest BCUT2D eigenvalue weighted by atomic mass is 16.5. The molecule has 0 unspecified atom stereocenters. The normalized spacial score (nSPS) is 17.1. The van der Waals surface area contributed by atoms with Crippen LogP contribution in [-0.2, 0) is 0 Å². The van der Waals surface area contributed by atoms with Crippen LogP contribution in [0.25, 0.3) is 6.08 Å². The van der Waals surface area contributed by atoms with Crippen molar-refractivity contribution in [2.75, 3.05) is 20.8 Å². The molecule has 20 heavy (non-hydrogen) atoms. The van der Waals surface area contributed by atoms with E-state index in [1.165, 1.54) is 37.7 Å². The van der Waals surface area contributed by atoms with Gasteiger partial charge >= 0.3 is 0 Å². The maximum atomic E-state index is 5.97. The van der Waals surface area contributed by atoms with Crippen molar-refractivity contribution in [1.29, 1.82) is 0 Å². The largest absolute Gasteiger partial charge is 0.493 e. The van der Waals surface area contributed by atoms with E-state index in [0.29, 0.717) is 12.5 Å². The number of hydrogen-bond acceptors (Lipinski definition) is 3. The summed E-state index contributed by atoms with van der Waals surface area (Å²) in [6, 6.07) is 5.96. The molecule has 0 bridgehead atoms. The van der Waals surface area contributed by atoms with E-state index in [-0.39, 0.29) is 0 Å². The van der Waals surface area contributed by atoms with E-state index in [4.69, 9.17) is 15.2 Å². The van der Waals surface area contributed by atoms with E-state index < -0.39 is 0 Å². The molecule has 0 heterocycles. The molecule has 2 N–H and O–H groups in total. The van der Waals surface area contributed by atoms with Gasteiger partial charge in [-0.2, -0.15) is 0 Å². The van der Waals surface area contributed by atoms with Crippen LogP contribution < -0.4 is 15.2 Å². The molecule has 1 fully saturated rings. The first-order valence-corrected chi connectivity index (χ1v) is 7.41. The van der Waals surface area contributed by atoms with Crippen LogP contribution in [0.2, 0.25) is 0 Å². The van der Waals surface area contributed by atoms with Crippen molar-refractivity contribution in [3.8, 4) is 11.5 Å². The quantitative estimate of drug-likeness (QED) is 0.892. The minimum atomic E-state index is 0.616. The highest BCUT2D eigenvalue weighted by Gasteiger charge is 2.18. The van der Waals surface area contributed by atoms with Crippen molar-refractivity contribution in [3.63, 3.8) is 0 Å². The molecule has 0 amide bonds. The van der Waals surface area contributed by atoms with Crippen LogP contribution in [0.3, 0.4) is 0 Å². The number of methoxy groups -OCH3 is 2. The zero-order chi connectivity index (χ0) is 14.4. The Balaban J connectivity index is 2.31. The summed E-state index contributed by atoms with van der Waals surface area (Å²) < 4.78 is 10.8. The Hall–Kier alpha value is -1.48. The smallest absolute Gasteiger partial charge is 0.167 e. The second kappa shape index (κ2) is 7.34. The highest BCUT2D eigenvalue weighted by molar-refractivity contribution is 5.64. The van der Waals surface area contributed by atoms with Gasteiger partial charge in [-0.1, -0.05) is 43.0 Å². The minimum absolute atomic E-state index is 0.616. The molecular weight excluding hydrogens is 250 g/mol. The summed E-state index contributed by atoms with van der Waals surface area (Å²) in [6.45, 7) is 0.616. The average Bonchev–Trinajstić information content (AvgIpc) is 2.52. The molecule has 3 nitrogen and oxygen atoms in total. The lowest BCUT2D eigenvalue weighted by molar-refractivity contribution is 0.354. The van der Waals surface area contributed by atoms with Crippen molar-refractivity contribution in [1.82, 2.24) is 0 Å². The van der Waals surface area contributed by atoms with Gasteiger partial charge in [0.1, 0.15) is 0 Å². The molecule has 0 saturated heterocycles. The number of hydrogen-bond donors (Lipinski definition) is 1. The fourth-order valence-electron chi connectivity index (χ4n) is 3.04. The number of nitrogens with two attached hydrogens (primary N) is 1. The molecular formula is C17H25NO2. The van der Waals surface area contributed by atoms with Crippen molar-refractivity contribution < 1.29 is 9.47 Å². The Kier molecular flexibility index (Phi) is 5.48. The van der Waals surface area contributed by atoms with Crippen LogP contribution in [0, 0.1) is 5.92 Å². The van der Waals surface area contributed by atoms with Gasteiger partial charge in [0.05, 0.1) is 14.2 Å². The van der Waals surface area contributed by atoms with Gasteiger partial charge in [0.2, 0.25) is 0 Å². The third kappa shape index (κ3) is 3.34. The van der Waals surface area contributed by atoms with Crippen molar-refractivity contribution in [2.24, 2.45) is 11.7 Å². The Morgan fingerprint density at radius 1 is 1.20 bits per heavy atom. The topological polar surface area (TPSA) is 44.5 Å². The molecule has 0 aliphatic heterocycles. The van der Waals surface area contributed by atoms with Crippen LogP contribution in [0.1, 0.15) is 37.7 Å². The summed E-state index contributed by atoms with van der Waals surface area (Å²) in [6.07, 6.45) is 8.70. The lowest BCUT2D eigenvalue weighted by Crippen LogP contribution is -2.16. The van der Waals surface area contributed by atoms with Crippen molar-refractivity contribution in [2.45, 2.75) is 32.1 Å². The number of ether oxygens (including phenoxy) is 2. The molecule has 1 aliphatic carbocycles. The van der Waals surface area contributed by atoms with E-state index in [9.17, 15) is 0 Å². The van der Waals surface area contributed by atoms with Gasteiger partial charge < -0.3 is 15.2 Å². The summed E-state index contributed by atoms with van der Waals surface area (Å²) >= 11 is 0. The molecule has 0 atom stereocenters. The summed E-state index contributed by atoms with van der Waals surface area (Å²) in [4.78, 5) is 0. The van der Waals surface area contributed by atoms with Gasteiger partial charge in [-0.25, -0.2) is 0 Å². The Labute approximate surface area is 121 Å². The SMILES string of the molecule is COc1cccc(/C=C(/CN)C2CCCCC2)c1OC. The van der Waals surface area contributed by atoms with Crippen LogP contribution >= 0.6 is 0 Å². The van der Waals surface area contributed by atoms with E-state index >= 15 is 0 Å². The monoisotopic (exact) mass is 275 g/mol. The summed E-state index contributed by atoms with van der Waals surface area (Å²) in [5.41, 5.74) is 8.36. The standard InChI is InChI=1S/C17H25NO2/c1-19-16-10-6-9-14(17(16)20-2)11-15(12-18)13-7-4-3-5-8-13/h6,9-11,13H,3-5,7-8,12,18H2,1-2H3/b15-11-. The first-order chi connectivity index (χ1) is 9.80. The van der Waals surface area contributed by atoms with Gasteiger partial charge in [-0.3, -0.25) is 0 Å². The molecule has 0 radical (unpaired) electrons. The maximum Gasteiger partial charge on any atom is 0.167 e. The lowest BCUT2D eigenvalue weighted by Gasteiger charge is -2.24. The molecule has 1 aromatic carbocycles. The van der Waals surface area contributed by atoms with Crippen molar-refractivity contribution >= 4 is 6.08 Å². The summed E-state index contributed by atoms with van der Waals surface area (Å²) in [7, 11) is 3.34. The third-order valence-corrected chi connectivity index (χ3v) is 4.14. The molecule has 1 aromatic rings. The zero-order valence-corrected chi connectivity index (χ0v) is 12.5. The predicted molar refractivity (Wildman–Crippen MR) is 83.2 cm³/mol. The number of rotatable bonds is 5. The molecule has 1 aliphatic rings. The average molecular weight is 275 g/mol.